The highest BCUT2D eigenvalue weighted by molar-refractivity contribution is 6.34. The number of nitrogens with one attached hydrogen (secondary N) is 2. The summed E-state index contributed by atoms with van der Waals surface area (Å²) in [6.07, 6.45) is 10.9. The Morgan fingerprint density at radius 3 is 2.50 bits per heavy atom. The highest BCUT2D eigenvalue weighted by Crippen LogP contribution is 2.61. The van der Waals surface area contributed by atoms with Gasteiger partial charge in [-0.2, -0.15) is 0 Å². The molecule has 2 N–H and O–H groups in total. The fourth-order valence-corrected chi connectivity index (χ4v) is 7.32. The van der Waals surface area contributed by atoms with E-state index in [0.717, 1.165) is 69.0 Å². The summed E-state index contributed by atoms with van der Waals surface area (Å²) >= 11 is 6.41. The molecular formula is C24H35Cl2N3O. The van der Waals surface area contributed by atoms with Gasteiger partial charge in [0.25, 0.3) is 5.91 Å². The SMILES string of the molecule is Cl.O=C(NCCC12CC3CC(CC(C3)C1)C2)c1cc(N2CCCNCC2)ccc1Cl. The van der Waals surface area contributed by atoms with Gasteiger partial charge in [0.05, 0.1) is 10.6 Å². The molecule has 1 amide bonds. The number of carbonyl (C=O) groups is 1. The molecule has 166 valence electrons. The lowest BCUT2D eigenvalue weighted by atomic mass is 9.49. The molecule has 4 nitrogen and oxygen atoms in total. The van der Waals surface area contributed by atoms with E-state index in [2.05, 4.69) is 15.5 Å². The fourth-order valence-electron chi connectivity index (χ4n) is 7.12. The molecule has 1 aliphatic heterocycles. The van der Waals surface area contributed by atoms with Gasteiger partial charge in [-0.25, -0.2) is 0 Å². The van der Waals surface area contributed by atoms with Crippen LogP contribution in [0.2, 0.25) is 5.02 Å². The maximum Gasteiger partial charge on any atom is 0.252 e. The standard InChI is InChI=1S/C24H34ClN3O.ClH/c25-22-3-2-20(28-8-1-5-26-7-9-28)13-21(22)23(29)27-6-4-24-14-17-10-18(15-24)12-19(11-17)16-24;/h2-3,13,17-19,26H,1,4-12,14-16H2,(H,27,29);1H. The quantitative estimate of drug-likeness (QED) is 0.668. The molecule has 4 saturated carbocycles. The topological polar surface area (TPSA) is 44.4 Å². The second-order valence-corrected chi connectivity index (χ2v) is 10.6. The maximum absolute atomic E-state index is 12.9. The molecule has 0 radical (unpaired) electrons. The number of benzene rings is 1. The molecule has 5 aliphatic rings. The van der Waals surface area contributed by atoms with E-state index in [4.69, 9.17) is 11.6 Å². The van der Waals surface area contributed by atoms with Crippen molar-refractivity contribution >= 4 is 35.6 Å². The number of halogens is 2. The summed E-state index contributed by atoms with van der Waals surface area (Å²) in [7, 11) is 0. The van der Waals surface area contributed by atoms with E-state index in [0.29, 0.717) is 16.0 Å². The van der Waals surface area contributed by atoms with Crippen LogP contribution in [0.1, 0.15) is 61.7 Å². The number of hydrogen-bond acceptors (Lipinski definition) is 3. The van der Waals surface area contributed by atoms with Gasteiger partial charge >= 0.3 is 0 Å². The van der Waals surface area contributed by atoms with Crippen LogP contribution >= 0.6 is 24.0 Å². The first kappa shape index (κ1) is 22.2. The molecule has 4 aliphatic carbocycles. The minimum atomic E-state index is -0.0190. The van der Waals surface area contributed by atoms with E-state index in [1.165, 1.54) is 38.5 Å². The zero-order chi connectivity index (χ0) is 19.8. The Labute approximate surface area is 191 Å². The lowest BCUT2D eigenvalue weighted by Crippen LogP contribution is -2.47. The molecule has 0 unspecified atom stereocenters. The molecule has 5 fully saturated rings. The molecule has 6 heteroatoms. The van der Waals surface area contributed by atoms with Crippen molar-refractivity contribution in [3.63, 3.8) is 0 Å². The lowest BCUT2D eigenvalue weighted by molar-refractivity contribution is -0.0564. The van der Waals surface area contributed by atoms with Crippen molar-refractivity contribution in [2.24, 2.45) is 23.2 Å². The van der Waals surface area contributed by atoms with Gasteiger partial charge in [0.15, 0.2) is 0 Å². The van der Waals surface area contributed by atoms with Crippen LogP contribution in [-0.2, 0) is 0 Å². The maximum atomic E-state index is 12.9. The summed E-state index contributed by atoms with van der Waals surface area (Å²) in [4.78, 5) is 15.3. The third kappa shape index (κ3) is 4.61. The van der Waals surface area contributed by atoms with Crippen molar-refractivity contribution in [3.05, 3.63) is 28.8 Å². The predicted octanol–water partition coefficient (Wildman–Crippen LogP) is 4.90. The smallest absolute Gasteiger partial charge is 0.252 e. The van der Waals surface area contributed by atoms with Gasteiger partial charge in [-0.1, -0.05) is 11.6 Å². The summed E-state index contributed by atoms with van der Waals surface area (Å²) in [5.41, 5.74) is 2.23. The van der Waals surface area contributed by atoms with Gasteiger partial charge in [-0.3, -0.25) is 4.79 Å². The Bertz CT molecular complexity index is 726. The second kappa shape index (κ2) is 9.26. The number of amides is 1. The van der Waals surface area contributed by atoms with Crippen LogP contribution in [0.4, 0.5) is 5.69 Å². The van der Waals surface area contributed by atoms with Crippen LogP contribution in [-0.4, -0.2) is 38.6 Å². The van der Waals surface area contributed by atoms with Gasteiger partial charge < -0.3 is 15.5 Å². The molecule has 1 aromatic carbocycles. The van der Waals surface area contributed by atoms with Crippen molar-refractivity contribution in [2.75, 3.05) is 37.6 Å². The number of nitrogens with zero attached hydrogens (tertiary/aromatic N) is 1. The molecule has 1 aromatic rings. The van der Waals surface area contributed by atoms with Crippen LogP contribution in [0.5, 0.6) is 0 Å². The van der Waals surface area contributed by atoms with E-state index in [-0.39, 0.29) is 18.3 Å². The highest BCUT2D eigenvalue weighted by atomic mass is 35.5. The normalized spacial score (nSPS) is 32.4. The minimum Gasteiger partial charge on any atom is -0.370 e. The molecule has 0 spiro atoms. The number of anilines is 1. The fraction of sp³-hybridized carbons (Fsp3) is 0.708. The van der Waals surface area contributed by atoms with Gasteiger partial charge in [0, 0.05) is 31.9 Å². The van der Waals surface area contributed by atoms with Crippen molar-refractivity contribution in [2.45, 2.75) is 51.4 Å². The van der Waals surface area contributed by atoms with Gasteiger partial charge in [0.2, 0.25) is 0 Å². The van der Waals surface area contributed by atoms with Crippen molar-refractivity contribution in [1.29, 1.82) is 0 Å². The second-order valence-electron chi connectivity index (χ2n) is 10.2. The first-order chi connectivity index (χ1) is 14.1. The third-order valence-electron chi connectivity index (χ3n) is 8.01. The first-order valence-electron chi connectivity index (χ1n) is 11.6. The summed E-state index contributed by atoms with van der Waals surface area (Å²) < 4.78 is 0. The molecular weight excluding hydrogens is 417 g/mol. The summed E-state index contributed by atoms with van der Waals surface area (Å²) in [6.45, 7) is 4.80. The molecule has 0 atom stereocenters. The minimum absolute atomic E-state index is 0. The Morgan fingerprint density at radius 2 is 1.80 bits per heavy atom. The van der Waals surface area contributed by atoms with E-state index < -0.39 is 0 Å². The molecule has 4 bridgehead atoms. The largest absolute Gasteiger partial charge is 0.370 e. The molecule has 30 heavy (non-hydrogen) atoms. The highest BCUT2D eigenvalue weighted by Gasteiger charge is 2.50. The summed E-state index contributed by atoms with van der Waals surface area (Å²) in [5.74, 6) is 2.87. The number of hydrogen-bond donors (Lipinski definition) is 2. The lowest BCUT2D eigenvalue weighted by Gasteiger charge is -2.57. The molecule has 0 aromatic heterocycles. The summed E-state index contributed by atoms with van der Waals surface area (Å²) in [6, 6.07) is 5.90. The van der Waals surface area contributed by atoms with Gasteiger partial charge in [0.1, 0.15) is 0 Å². The Kier molecular flexibility index (Phi) is 6.86. The molecule has 1 saturated heterocycles. The van der Waals surface area contributed by atoms with Crippen LogP contribution in [0, 0.1) is 23.2 Å². The summed E-state index contributed by atoms with van der Waals surface area (Å²) in [5, 5.41) is 7.18. The van der Waals surface area contributed by atoms with Crippen molar-refractivity contribution in [3.8, 4) is 0 Å². The van der Waals surface area contributed by atoms with Crippen LogP contribution < -0.4 is 15.5 Å². The third-order valence-corrected chi connectivity index (χ3v) is 8.34. The van der Waals surface area contributed by atoms with Gasteiger partial charge in [-0.05, 0) is 99.3 Å². The zero-order valence-electron chi connectivity index (χ0n) is 17.8. The average Bonchev–Trinajstić information content (AvgIpc) is 2.96. The van der Waals surface area contributed by atoms with Crippen molar-refractivity contribution in [1.82, 2.24) is 10.6 Å². The Hall–Kier alpha value is -0.970. The van der Waals surface area contributed by atoms with E-state index in [1.807, 2.05) is 18.2 Å². The van der Waals surface area contributed by atoms with Crippen LogP contribution in [0.3, 0.4) is 0 Å². The van der Waals surface area contributed by atoms with Gasteiger partial charge in [-0.15, -0.1) is 12.4 Å². The average molecular weight is 452 g/mol. The number of rotatable bonds is 5. The zero-order valence-corrected chi connectivity index (χ0v) is 19.4. The Balaban J connectivity index is 0.00000218. The van der Waals surface area contributed by atoms with Crippen LogP contribution in [0.25, 0.3) is 0 Å². The Morgan fingerprint density at radius 1 is 1.10 bits per heavy atom. The van der Waals surface area contributed by atoms with Crippen molar-refractivity contribution < 1.29 is 4.79 Å². The number of carbonyl (C=O) groups excluding carboxylic acids is 1. The van der Waals surface area contributed by atoms with E-state index >= 15 is 0 Å². The monoisotopic (exact) mass is 451 g/mol. The van der Waals surface area contributed by atoms with Crippen LogP contribution in [0.15, 0.2) is 18.2 Å². The molecule has 6 rings (SSSR count). The predicted molar refractivity (Wildman–Crippen MR) is 126 cm³/mol. The van der Waals surface area contributed by atoms with E-state index in [9.17, 15) is 4.79 Å². The van der Waals surface area contributed by atoms with E-state index in [1.54, 1.807) is 0 Å². The molecule has 1 heterocycles. The first-order valence-corrected chi connectivity index (χ1v) is 12.0.